The highest BCUT2D eigenvalue weighted by molar-refractivity contribution is 5.71. The summed E-state index contributed by atoms with van der Waals surface area (Å²) in [4.78, 5) is 38.1. The van der Waals surface area contributed by atoms with Gasteiger partial charge >= 0.3 is 17.9 Å². The molecule has 6 nitrogen and oxygen atoms in total. The molecule has 0 aliphatic carbocycles. The maximum absolute atomic E-state index is 12.8. The fourth-order valence-corrected chi connectivity index (χ4v) is 8.02. The van der Waals surface area contributed by atoms with E-state index in [9.17, 15) is 14.4 Å². The number of carbonyl (C=O) groups is 3. The molecule has 0 spiro atoms. The predicted octanol–water partition coefficient (Wildman–Crippen LogP) is 18.8. The maximum Gasteiger partial charge on any atom is 0.306 e. The maximum atomic E-state index is 12.8. The van der Waals surface area contributed by atoms with Crippen molar-refractivity contribution in [3.63, 3.8) is 0 Å². The standard InChI is InChI=1S/C60H106O6/c1-4-7-10-13-16-19-22-25-28-30-33-35-38-41-44-47-50-53-59(62)65-56-57(55-64-58(61)52-49-46-43-40-37-34-31-27-24-21-18-15-12-9-6-3)66-60(63)54-51-48-45-42-39-36-32-29-26-23-20-17-14-11-8-5-2/h8,11,16-17,19-20,25-26,28-29,57H,4-7,9-10,12-15,18,21-24,27,30-56H2,1-3H3/b11-8-,19-16-,20-17-,28-25-,29-26-. The molecule has 0 aliphatic heterocycles. The van der Waals surface area contributed by atoms with Crippen molar-refractivity contribution >= 4 is 17.9 Å². The van der Waals surface area contributed by atoms with E-state index in [0.717, 1.165) is 103 Å². The van der Waals surface area contributed by atoms with Gasteiger partial charge in [-0.1, -0.05) is 242 Å². The zero-order chi connectivity index (χ0) is 47.9. The summed E-state index contributed by atoms with van der Waals surface area (Å²) in [6.07, 6.45) is 67.7. The van der Waals surface area contributed by atoms with Crippen LogP contribution < -0.4 is 0 Å². The first-order valence-electron chi connectivity index (χ1n) is 28.3. The summed E-state index contributed by atoms with van der Waals surface area (Å²) < 4.78 is 16.9. The molecule has 0 amide bonds. The van der Waals surface area contributed by atoms with Gasteiger partial charge in [-0.05, 0) is 83.5 Å². The van der Waals surface area contributed by atoms with Crippen LogP contribution in [0, 0.1) is 0 Å². The van der Waals surface area contributed by atoms with Gasteiger partial charge in [0.1, 0.15) is 13.2 Å². The summed E-state index contributed by atoms with van der Waals surface area (Å²) in [5.74, 6) is -0.890. The van der Waals surface area contributed by atoms with Crippen molar-refractivity contribution < 1.29 is 28.6 Å². The molecule has 0 saturated carbocycles. The lowest BCUT2D eigenvalue weighted by molar-refractivity contribution is -0.167. The average molecular weight is 924 g/mol. The Labute approximate surface area is 409 Å². The Balaban J connectivity index is 4.39. The van der Waals surface area contributed by atoms with Crippen molar-refractivity contribution in [1.29, 1.82) is 0 Å². The smallest absolute Gasteiger partial charge is 0.306 e. The summed E-state index contributed by atoms with van der Waals surface area (Å²) in [5, 5.41) is 0. The number of hydrogen-bond acceptors (Lipinski definition) is 6. The van der Waals surface area contributed by atoms with E-state index in [2.05, 4.69) is 81.5 Å². The van der Waals surface area contributed by atoms with Gasteiger partial charge in [-0.3, -0.25) is 14.4 Å². The minimum Gasteiger partial charge on any atom is -0.462 e. The predicted molar refractivity (Wildman–Crippen MR) is 284 cm³/mol. The molecule has 1 atom stereocenters. The van der Waals surface area contributed by atoms with E-state index >= 15 is 0 Å². The van der Waals surface area contributed by atoms with E-state index in [1.807, 2.05) is 0 Å². The Kier molecular flexibility index (Phi) is 52.3. The first-order chi connectivity index (χ1) is 32.5. The molecule has 1 unspecified atom stereocenters. The lowest BCUT2D eigenvalue weighted by atomic mass is 10.0. The molecule has 382 valence electrons. The van der Waals surface area contributed by atoms with Gasteiger partial charge < -0.3 is 14.2 Å². The van der Waals surface area contributed by atoms with Crippen LogP contribution >= 0.6 is 0 Å². The first-order valence-corrected chi connectivity index (χ1v) is 28.3. The molecular weight excluding hydrogens is 817 g/mol. The number of carbonyl (C=O) groups excluding carboxylic acids is 3. The molecule has 66 heavy (non-hydrogen) atoms. The molecule has 0 aromatic heterocycles. The third-order valence-electron chi connectivity index (χ3n) is 12.3. The largest absolute Gasteiger partial charge is 0.462 e. The Hall–Kier alpha value is -2.89. The quantitative estimate of drug-likeness (QED) is 0.0262. The Morgan fingerprint density at radius 2 is 0.591 bits per heavy atom. The molecular formula is C60H106O6. The number of hydrogen-bond donors (Lipinski definition) is 0. The van der Waals surface area contributed by atoms with Crippen molar-refractivity contribution in [2.45, 2.75) is 290 Å². The Bertz CT molecular complexity index is 1200. The van der Waals surface area contributed by atoms with E-state index in [1.54, 1.807) is 0 Å². The summed E-state index contributed by atoms with van der Waals surface area (Å²) in [7, 11) is 0. The number of unbranched alkanes of at least 4 members (excludes halogenated alkanes) is 30. The molecule has 0 heterocycles. The van der Waals surface area contributed by atoms with Crippen LogP contribution in [0.25, 0.3) is 0 Å². The summed E-state index contributed by atoms with van der Waals surface area (Å²) in [6, 6.07) is 0. The minimum atomic E-state index is -0.783. The highest BCUT2D eigenvalue weighted by Crippen LogP contribution is 2.16. The summed E-state index contributed by atoms with van der Waals surface area (Å²) in [6.45, 7) is 6.51. The van der Waals surface area contributed by atoms with Crippen molar-refractivity contribution in [3.8, 4) is 0 Å². The number of allylic oxidation sites excluding steroid dienone is 10. The lowest BCUT2D eigenvalue weighted by Gasteiger charge is -2.18. The number of esters is 3. The lowest BCUT2D eigenvalue weighted by Crippen LogP contribution is -2.30. The van der Waals surface area contributed by atoms with Crippen molar-refractivity contribution in [2.24, 2.45) is 0 Å². The number of rotatable bonds is 51. The second-order valence-electron chi connectivity index (χ2n) is 18.8. The molecule has 0 aliphatic rings. The van der Waals surface area contributed by atoms with Crippen LogP contribution in [0.3, 0.4) is 0 Å². The highest BCUT2D eigenvalue weighted by Gasteiger charge is 2.19. The Morgan fingerprint density at radius 3 is 0.955 bits per heavy atom. The number of ether oxygens (including phenoxy) is 3. The first kappa shape index (κ1) is 63.1. The van der Waals surface area contributed by atoms with Gasteiger partial charge in [-0.25, -0.2) is 0 Å². The van der Waals surface area contributed by atoms with Crippen molar-refractivity contribution in [2.75, 3.05) is 13.2 Å². The highest BCUT2D eigenvalue weighted by atomic mass is 16.6. The van der Waals surface area contributed by atoms with Crippen LogP contribution in [0.4, 0.5) is 0 Å². The zero-order valence-corrected chi connectivity index (χ0v) is 43.7. The van der Waals surface area contributed by atoms with Crippen LogP contribution in [0.15, 0.2) is 60.8 Å². The van der Waals surface area contributed by atoms with Crippen LogP contribution in [0.2, 0.25) is 0 Å². The van der Waals surface area contributed by atoms with Gasteiger partial charge in [0.25, 0.3) is 0 Å². The van der Waals surface area contributed by atoms with E-state index < -0.39 is 6.10 Å². The SMILES string of the molecule is CC/C=C\C/C=C\C/C=C\CCCCCCCCC(=O)OC(COC(=O)CCCCCCCCC/C=C\C/C=C\CCCCC)COC(=O)CCCCCCCCCCCCCCCCC. The van der Waals surface area contributed by atoms with E-state index in [-0.39, 0.29) is 31.1 Å². The van der Waals surface area contributed by atoms with Gasteiger partial charge in [-0.2, -0.15) is 0 Å². The average Bonchev–Trinajstić information content (AvgIpc) is 3.31. The third-order valence-corrected chi connectivity index (χ3v) is 12.3. The molecule has 0 rings (SSSR count). The van der Waals surface area contributed by atoms with Gasteiger partial charge in [-0.15, -0.1) is 0 Å². The molecule has 6 heteroatoms. The van der Waals surface area contributed by atoms with Crippen LogP contribution in [-0.4, -0.2) is 37.2 Å². The Morgan fingerprint density at radius 1 is 0.318 bits per heavy atom. The fraction of sp³-hybridized carbons (Fsp3) is 0.783. The second-order valence-corrected chi connectivity index (χ2v) is 18.8. The molecule has 0 fully saturated rings. The normalized spacial score (nSPS) is 12.5. The monoisotopic (exact) mass is 923 g/mol. The van der Waals surface area contributed by atoms with E-state index in [4.69, 9.17) is 14.2 Å². The molecule has 0 radical (unpaired) electrons. The van der Waals surface area contributed by atoms with E-state index in [0.29, 0.717) is 19.3 Å². The summed E-state index contributed by atoms with van der Waals surface area (Å²) in [5.41, 5.74) is 0. The van der Waals surface area contributed by atoms with Crippen LogP contribution in [0.1, 0.15) is 284 Å². The van der Waals surface area contributed by atoms with Gasteiger partial charge in [0, 0.05) is 19.3 Å². The van der Waals surface area contributed by atoms with Crippen LogP contribution in [-0.2, 0) is 28.6 Å². The second kappa shape index (κ2) is 54.7. The third kappa shape index (κ3) is 52.1. The van der Waals surface area contributed by atoms with Crippen molar-refractivity contribution in [3.05, 3.63) is 60.8 Å². The van der Waals surface area contributed by atoms with Crippen molar-refractivity contribution in [1.82, 2.24) is 0 Å². The summed E-state index contributed by atoms with van der Waals surface area (Å²) >= 11 is 0. The molecule has 0 aromatic carbocycles. The topological polar surface area (TPSA) is 78.9 Å². The van der Waals surface area contributed by atoms with Crippen LogP contribution in [0.5, 0.6) is 0 Å². The fourth-order valence-electron chi connectivity index (χ4n) is 8.02. The van der Waals surface area contributed by atoms with Gasteiger partial charge in [0.2, 0.25) is 0 Å². The molecule has 0 saturated heterocycles. The van der Waals surface area contributed by atoms with Gasteiger partial charge in [0.05, 0.1) is 0 Å². The van der Waals surface area contributed by atoms with Gasteiger partial charge in [0.15, 0.2) is 6.10 Å². The molecule has 0 bridgehead atoms. The minimum absolute atomic E-state index is 0.0798. The van der Waals surface area contributed by atoms with E-state index in [1.165, 1.54) is 141 Å². The molecule has 0 aromatic rings. The zero-order valence-electron chi connectivity index (χ0n) is 43.7. The molecule has 0 N–H and O–H groups in total.